The molecule has 1 amide bonds. The zero-order valence-corrected chi connectivity index (χ0v) is 18.3. The summed E-state index contributed by atoms with van der Waals surface area (Å²) < 4.78 is 25.4. The number of amides is 1. The molecule has 2 heterocycles. The van der Waals surface area contributed by atoms with E-state index in [2.05, 4.69) is 11.2 Å². The third-order valence-corrected chi connectivity index (χ3v) is 7.16. The van der Waals surface area contributed by atoms with Gasteiger partial charge in [0.2, 0.25) is 5.91 Å². The van der Waals surface area contributed by atoms with Crippen LogP contribution in [0.3, 0.4) is 0 Å². The molecule has 0 radical (unpaired) electrons. The van der Waals surface area contributed by atoms with Crippen LogP contribution in [0.2, 0.25) is 0 Å². The summed E-state index contributed by atoms with van der Waals surface area (Å²) in [5.41, 5.74) is 2.47. The lowest BCUT2D eigenvalue weighted by atomic mass is 10.1. The van der Waals surface area contributed by atoms with E-state index in [-0.39, 0.29) is 36.5 Å². The summed E-state index contributed by atoms with van der Waals surface area (Å²) in [6, 6.07) is 20.8. The van der Waals surface area contributed by atoms with Crippen molar-refractivity contribution >= 4 is 21.6 Å². The van der Waals surface area contributed by atoms with E-state index in [1.165, 1.54) is 0 Å². The molecule has 0 spiro atoms. The van der Waals surface area contributed by atoms with E-state index < -0.39 is 9.84 Å². The van der Waals surface area contributed by atoms with E-state index in [1.807, 2.05) is 66.7 Å². The topological polar surface area (TPSA) is 84.3 Å². The van der Waals surface area contributed by atoms with Crippen LogP contribution in [0.15, 0.2) is 66.7 Å². The third kappa shape index (κ3) is 5.07. The van der Waals surface area contributed by atoms with Crippen molar-refractivity contribution in [1.82, 2.24) is 14.7 Å². The minimum absolute atomic E-state index is 0.00499. The monoisotopic (exact) mass is 448 g/mol. The number of para-hydroxylation sites is 1. The van der Waals surface area contributed by atoms with Gasteiger partial charge in [-0.3, -0.25) is 9.69 Å². The highest BCUT2D eigenvalue weighted by atomic mass is 32.2. The molecule has 1 saturated heterocycles. The number of carbonyl (C=O) groups is 1. The van der Waals surface area contributed by atoms with Gasteiger partial charge in [-0.2, -0.15) is 5.10 Å². The van der Waals surface area contributed by atoms with Gasteiger partial charge in [0.1, 0.15) is 5.82 Å². The average molecular weight is 449 g/mol. The number of hydrogen-bond acceptors (Lipinski definition) is 5. The van der Waals surface area contributed by atoms with Gasteiger partial charge in [-0.1, -0.05) is 54.5 Å². The van der Waals surface area contributed by atoms with Gasteiger partial charge in [0.15, 0.2) is 9.84 Å². The maximum atomic E-state index is 12.9. The molecule has 0 bridgehead atoms. The number of nitrogens with one attached hydrogen (secondary N) is 1. The van der Waals surface area contributed by atoms with Crippen LogP contribution in [0.1, 0.15) is 6.42 Å². The molecule has 0 aliphatic carbocycles. The SMILES string of the molecule is C#CCN(CC(=O)Nc1cc(-c2ccccc2)nn1-c1ccccc1)C1CCS(=O)(=O)C1. The van der Waals surface area contributed by atoms with Crippen molar-refractivity contribution in [1.29, 1.82) is 0 Å². The summed E-state index contributed by atoms with van der Waals surface area (Å²) in [7, 11) is -3.08. The largest absolute Gasteiger partial charge is 0.309 e. The van der Waals surface area contributed by atoms with Crippen LogP contribution >= 0.6 is 0 Å². The second-order valence-corrected chi connectivity index (χ2v) is 9.97. The summed E-state index contributed by atoms with van der Waals surface area (Å²) >= 11 is 0. The van der Waals surface area contributed by atoms with E-state index in [0.29, 0.717) is 12.2 Å². The Bertz CT molecular complexity index is 1230. The Morgan fingerprint density at radius 1 is 1.16 bits per heavy atom. The number of aromatic nitrogens is 2. The van der Waals surface area contributed by atoms with Gasteiger partial charge in [0.05, 0.1) is 36.0 Å². The molecule has 8 heteroatoms. The lowest BCUT2D eigenvalue weighted by molar-refractivity contribution is -0.117. The number of terminal acetylenes is 1. The molecule has 1 N–H and O–H groups in total. The number of rotatable bonds is 7. The van der Waals surface area contributed by atoms with Gasteiger partial charge < -0.3 is 5.32 Å². The first kappa shape index (κ1) is 21.8. The predicted octanol–water partition coefficient (Wildman–Crippen LogP) is 2.60. The van der Waals surface area contributed by atoms with E-state index >= 15 is 0 Å². The Morgan fingerprint density at radius 2 is 1.84 bits per heavy atom. The van der Waals surface area contributed by atoms with Crippen molar-refractivity contribution in [2.45, 2.75) is 12.5 Å². The normalized spacial score (nSPS) is 17.2. The van der Waals surface area contributed by atoms with Crippen molar-refractivity contribution in [3.05, 3.63) is 66.7 Å². The fourth-order valence-corrected chi connectivity index (χ4v) is 5.61. The minimum Gasteiger partial charge on any atom is -0.309 e. The van der Waals surface area contributed by atoms with Gasteiger partial charge in [-0.15, -0.1) is 6.42 Å². The molecule has 0 saturated carbocycles. The zero-order valence-electron chi connectivity index (χ0n) is 17.5. The lowest BCUT2D eigenvalue weighted by Crippen LogP contribution is -2.42. The molecule has 2 aromatic carbocycles. The quantitative estimate of drug-likeness (QED) is 0.562. The second kappa shape index (κ2) is 9.39. The Hall–Kier alpha value is -3.41. The lowest BCUT2D eigenvalue weighted by Gasteiger charge is -2.25. The maximum Gasteiger partial charge on any atom is 0.239 e. The van der Waals surface area contributed by atoms with Gasteiger partial charge in [0, 0.05) is 17.7 Å². The molecule has 1 aromatic heterocycles. The molecule has 1 unspecified atom stereocenters. The maximum absolute atomic E-state index is 12.9. The number of sulfone groups is 1. The van der Waals surface area contributed by atoms with E-state index in [1.54, 1.807) is 9.58 Å². The molecular weight excluding hydrogens is 424 g/mol. The average Bonchev–Trinajstić information content (AvgIpc) is 3.37. The summed E-state index contributed by atoms with van der Waals surface area (Å²) in [6.45, 7) is 0.214. The van der Waals surface area contributed by atoms with Gasteiger partial charge >= 0.3 is 0 Å². The molecular formula is C24H24N4O3S. The molecule has 1 aliphatic heterocycles. The number of hydrogen-bond donors (Lipinski definition) is 1. The molecule has 4 rings (SSSR count). The highest BCUT2D eigenvalue weighted by molar-refractivity contribution is 7.91. The predicted molar refractivity (Wildman–Crippen MR) is 125 cm³/mol. The number of carbonyl (C=O) groups excluding carboxylic acids is 1. The standard InChI is InChI=1S/C24H24N4O3S/c1-2-14-27(21-13-15-32(30,31)18-21)17-24(29)25-23-16-22(19-9-5-3-6-10-19)26-28(23)20-11-7-4-8-12-20/h1,3-12,16,21H,13-15,17-18H2,(H,25,29). The van der Waals surface area contributed by atoms with E-state index in [9.17, 15) is 13.2 Å². The highest BCUT2D eigenvalue weighted by Crippen LogP contribution is 2.25. The molecule has 1 aliphatic rings. The molecule has 1 atom stereocenters. The van der Waals surface area contributed by atoms with Crippen molar-refractivity contribution in [3.8, 4) is 29.3 Å². The minimum atomic E-state index is -3.08. The third-order valence-electron chi connectivity index (χ3n) is 5.41. The van der Waals surface area contributed by atoms with Crippen LogP contribution < -0.4 is 5.32 Å². The van der Waals surface area contributed by atoms with E-state index in [4.69, 9.17) is 11.5 Å². The number of benzene rings is 2. The fourth-order valence-electron chi connectivity index (χ4n) is 3.85. The number of nitrogens with zero attached hydrogens (tertiary/aromatic N) is 3. The second-order valence-electron chi connectivity index (χ2n) is 7.74. The van der Waals surface area contributed by atoms with Crippen LogP contribution in [-0.2, 0) is 14.6 Å². The first-order valence-corrected chi connectivity index (χ1v) is 12.2. The van der Waals surface area contributed by atoms with Crippen molar-refractivity contribution in [2.24, 2.45) is 0 Å². The summed E-state index contributed by atoms with van der Waals surface area (Å²) in [6.07, 6.45) is 5.96. The van der Waals surface area contributed by atoms with Gasteiger partial charge in [0.25, 0.3) is 0 Å². The first-order chi connectivity index (χ1) is 15.4. The van der Waals surface area contributed by atoms with Crippen molar-refractivity contribution < 1.29 is 13.2 Å². The van der Waals surface area contributed by atoms with Crippen LogP contribution in [-0.4, -0.2) is 59.6 Å². The first-order valence-electron chi connectivity index (χ1n) is 10.3. The summed E-state index contributed by atoms with van der Waals surface area (Å²) in [4.78, 5) is 14.7. The molecule has 7 nitrogen and oxygen atoms in total. The zero-order chi connectivity index (χ0) is 22.6. The van der Waals surface area contributed by atoms with Crippen molar-refractivity contribution in [2.75, 3.05) is 29.9 Å². The van der Waals surface area contributed by atoms with Crippen LogP contribution in [0.4, 0.5) is 5.82 Å². The Morgan fingerprint density at radius 3 is 2.47 bits per heavy atom. The molecule has 164 valence electrons. The van der Waals surface area contributed by atoms with Gasteiger partial charge in [-0.05, 0) is 18.6 Å². The van der Waals surface area contributed by atoms with E-state index in [0.717, 1.165) is 16.9 Å². The van der Waals surface area contributed by atoms with Crippen LogP contribution in [0, 0.1) is 12.3 Å². The summed E-state index contributed by atoms with van der Waals surface area (Å²) in [5, 5.41) is 7.63. The van der Waals surface area contributed by atoms with Crippen LogP contribution in [0.5, 0.6) is 0 Å². The Kier molecular flexibility index (Phi) is 6.40. The fraction of sp³-hybridized carbons (Fsp3) is 0.250. The molecule has 32 heavy (non-hydrogen) atoms. The Labute approximate surface area is 188 Å². The highest BCUT2D eigenvalue weighted by Gasteiger charge is 2.32. The summed E-state index contributed by atoms with van der Waals surface area (Å²) in [5.74, 6) is 2.94. The Balaban J connectivity index is 1.58. The number of anilines is 1. The smallest absolute Gasteiger partial charge is 0.239 e. The molecule has 1 fully saturated rings. The van der Waals surface area contributed by atoms with Gasteiger partial charge in [-0.25, -0.2) is 13.1 Å². The van der Waals surface area contributed by atoms with Crippen molar-refractivity contribution in [3.63, 3.8) is 0 Å². The van der Waals surface area contributed by atoms with Crippen LogP contribution in [0.25, 0.3) is 16.9 Å². The molecule has 3 aromatic rings.